The van der Waals surface area contributed by atoms with Crippen LogP contribution in [0.5, 0.6) is 0 Å². The molecule has 0 atom stereocenters. The average Bonchev–Trinajstić information content (AvgIpc) is 1.77. The second-order valence-electron chi connectivity index (χ2n) is 1.28. The maximum Gasteiger partial charge on any atom is 0.195 e. The quantitative estimate of drug-likeness (QED) is 0.466. The first kappa shape index (κ1) is 4.89. The highest BCUT2D eigenvalue weighted by Gasteiger charge is 2.08. The van der Waals surface area contributed by atoms with Crippen molar-refractivity contribution in [2.24, 2.45) is 10.4 Å². The van der Waals surface area contributed by atoms with E-state index in [-0.39, 0.29) is 18.2 Å². The Morgan fingerprint density at radius 2 is 2.25 bits per heavy atom. The minimum Gasteiger partial charge on any atom is -0.373 e. The van der Waals surface area contributed by atoms with Gasteiger partial charge in [-0.25, -0.2) is 0 Å². The van der Waals surface area contributed by atoms with E-state index in [1.54, 1.807) is 0 Å². The van der Waals surface area contributed by atoms with Crippen LogP contribution in [0.4, 0.5) is 0 Å². The number of hydrogen-bond donors (Lipinski definition) is 2. The molecule has 0 amide bonds. The summed E-state index contributed by atoms with van der Waals surface area (Å²) in [6, 6.07) is 0. The summed E-state index contributed by atoms with van der Waals surface area (Å²) in [4.78, 5) is 4.35. The lowest BCUT2D eigenvalue weighted by Crippen LogP contribution is -2.18. The maximum atomic E-state index is 6.89. The van der Waals surface area contributed by atoms with Gasteiger partial charge in [0.2, 0.25) is 0 Å². The van der Waals surface area contributed by atoms with Crippen molar-refractivity contribution in [2.45, 2.75) is 0 Å². The largest absolute Gasteiger partial charge is 0.373 e. The molecule has 5 nitrogen and oxygen atoms in total. The number of hydrogen-bond acceptors (Lipinski definition) is 4. The molecule has 5 heteroatoms. The molecule has 0 fully saturated rings. The number of nitrogens with zero attached hydrogens (tertiary/aromatic N) is 2. The third-order valence-corrected chi connectivity index (χ3v) is 0.693. The lowest BCUT2D eigenvalue weighted by atomic mass is 10.4. The Labute approximate surface area is 45.3 Å². The lowest BCUT2D eigenvalue weighted by Gasteiger charge is -2.02. The van der Waals surface area contributed by atoms with Gasteiger partial charge in [0.05, 0.1) is 0 Å². The van der Waals surface area contributed by atoms with Gasteiger partial charge in [-0.1, -0.05) is 5.11 Å². The summed E-state index contributed by atoms with van der Waals surface area (Å²) >= 11 is 0. The number of rotatable bonds is 0. The monoisotopic (exact) mass is 112 g/mol. The fourth-order valence-electron chi connectivity index (χ4n) is 0.292. The molecule has 0 aromatic rings. The molecule has 1 heterocycles. The molecule has 0 spiro atoms. The zero-order valence-electron chi connectivity index (χ0n) is 4.01. The molecule has 42 valence electrons. The lowest BCUT2D eigenvalue weighted by molar-refractivity contribution is 0.160. The highest BCUT2D eigenvalue weighted by molar-refractivity contribution is 6.39. The van der Waals surface area contributed by atoms with Crippen molar-refractivity contribution in [3.05, 3.63) is 0 Å². The average molecular weight is 112 g/mol. The van der Waals surface area contributed by atoms with Crippen molar-refractivity contribution in [3.8, 4) is 0 Å². The fourth-order valence-corrected chi connectivity index (χ4v) is 0.292. The van der Waals surface area contributed by atoms with Crippen LogP contribution >= 0.6 is 0 Å². The minimum atomic E-state index is -0.115. The van der Waals surface area contributed by atoms with E-state index >= 15 is 0 Å². The molecular formula is C3H4N4O. The number of amidine groups is 1. The van der Waals surface area contributed by atoms with Gasteiger partial charge in [0, 0.05) is 5.28 Å². The summed E-state index contributed by atoms with van der Waals surface area (Å²) in [7, 11) is 0. The molecule has 1 rings (SSSR count). The Hall–Kier alpha value is -1.26. The van der Waals surface area contributed by atoms with Gasteiger partial charge >= 0.3 is 0 Å². The molecule has 8 heavy (non-hydrogen) atoms. The molecule has 1 aliphatic rings. The van der Waals surface area contributed by atoms with Crippen LogP contribution < -0.4 is 0 Å². The molecule has 0 saturated carbocycles. The van der Waals surface area contributed by atoms with Crippen LogP contribution in [-0.2, 0) is 4.84 Å². The van der Waals surface area contributed by atoms with E-state index in [4.69, 9.17) is 10.8 Å². The van der Waals surface area contributed by atoms with E-state index in [1.807, 2.05) is 0 Å². The topological polar surface area (TPSA) is 81.7 Å². The van der Waals surface area contributed by atoms with Gasteiger partial charge in [0.25, 0.3) is 0 Å². The fraction of sp³-hybridized carbons (Fsp3) is 0.333. The van der Waals surface area contributed by atoms with Crippen LogP contribution in [0.1, 0.15) is 0 Å². The van der Waals surface area contributed by atoms with Gasteiger partial charge < -0.3 is 4.84 Å². The summed E-state index contributed by atoms with van der Waals surface area (Å²) in [6.07, 6.45) is 0. The second-order valence-corrected chi connectivity index (χ2v) is 1.28. The zero-order valence-corrected chi connectivity index (χ0v) is 4.01. The molecule has 0 unspecified atom stereocenters. The van der Waals surface area contributed by atoms with Crippen molar-refractivity contribution in [3.63, 3.8) is 0 Å². The number of nitrogens with one attached hydrogen (secondary N) is 2. The summed E-state index contributed by atoms with van der Waals surface area (Å²) in [5.74, 6) is -0.115. The van der Waals surface area contributed by atoms with Crippen LogP contribution in [0.3, 0.4) is 0 Å². The molecular weight excluding hydrogens is 108 g/mol. The van der Waals surface area contributed by atoms with Crippen molar-refractivity contribution in [2.75, 3.05) is 6.61 Å². The SMILES string of the molecule is N=C1CON=NC1=N. The maximum absolute atomic E-state index is 6.89. The third kappa shape index (κ3) is 0.699. The Bertz CT molecular complexity index is 161. The van der Waals surface area contributed by atoms with Gasteiger partial charge in [-0.2, -0.15) is 0 Å². The van der Waals surface area contributed by atoms with Crippen molar-refractivity contribution in [1.82, 2.24) is 0 Å². The summed E-state index contributed by atoms with van der Waals surface area (Å²) in [5.41, 5.74) is 0.0694. The highest BCUT2D eigenvalue weighted by Crippen LogP contribution is 1.92. The van der Waals surface area contributed by atoms with Gasteiger partial charge in [-0.05, 0) is 0 Å². The van der Waals surface area contributed by atoms with E-state index in [1.165, 1.54) is 0 Å². The molecule has 0 aliphatic carbocycles. The minimum absolute atomic E-state index is 0.0694. The molecule has 1 aliphatic heterocycles. The van der Waals surface area contributed by atoms with Crippen molar-refractivity contribution >= 4 is 11.5 Å². The Morgan fingerprint density at radius 3 is 2.62 bits per heavy atom. The van der Waals surface area contributed by atoms with Crippen LogP contribution in [0.25, 0.3) is 0 Å². The first-order valence-corrected chi connectivity index (χ1v) is 2.00. The van der Waals surface area contributed by atoms with Gasteiger partial charge in [-0.3, -0.25) is 10.8 Å². The molecule has 0 aromatic heterocycles. The molecule has 0 saturated heterocycles. The van der Waals surface area contributed by atoms with Crippen molar-refractivity contribution in [1.29, 1.82) is 10.8 Å². The Morgan fingerprint density at radius 1 is 1.50 bits per heavy atom. The van der Waals surface area contributed by atoms with Gasteiger partial charge in [-0.15, -0.1) is 0 Å². The summed E-state index contributed by atoms with van der Waals surface area (Å²) in [6.45, 7) is 0.0718. The van der Waals surface area contributed by atoms with Crippen molar-refractivity contribution < 1.29 is 4.84 Å². The van der Waals surface area contributed by atoms with Gasteiger partial charge in [0.15, 0.2) is 12.4 Å². The second kappa shape index (κ2) is 1.69. The van der Waals surface area contributed by atoms with E-state index in [0.717, 1.165) is 0 Å². The van der Waals surface area contributed by atoms with Gasteiger partial charge in [0.1, 0.15) is 5.71 Å². The van der Waals surface area contributed by atoms with E-state index in [0.29, 0.717) is 0 Å². The first-order chi connectivity index (χ1) is 3.80. The first-order valence-electron chi connectivity index (χ1n) is 2.00. The smallest absolute Gasteiger partial charge is 0.195 e. The molecule has 0 radical (unpaired) electrons. The van der Waals surface area contributed by atoms with Crippen LogP contribution in [0, 0.1) is 10.8 Å². The molecule has 0 aromatic carbocycles. The highest BCUT2D eigenvalue weighted by atomic mass is 16.6. The Balaban J connectivity index is 2.75. The third-order valence-electron chi connectivity index (χ3n) is 0.693. The predicted octanol–water partition coefficient (Wildman–Crippen LogP) is 0.381. The molecule has 0 bridgehead atoms. The standard InChI is InChI=1S/C3H4N4O/c4-2-1-8-7-6-3(2)5/h4-5H,1H2. The van der Waals surface area contributed by atoms with Crippen LogP contribution in [-0.4, -0.2) is 18.2 Å². The normalized spacial score (nSPS) is 18.5. The van der Waals surface area contributed by atoms with E-state index < -0.39 is 0 Å². The van der Waals surface area contributed by atoms with E-state index in [9.17, 15) is 0 Å². The predicted molar refractivity (Wildman–Crippen MR) is 26.3 cm³/mol. The Kier molecular flexibility index (Phi) is 1.03. The van der Waals surface area contributed by atoms with E-state index in [2.05, 4.69) is 15.2 Å². The summed E-state index contributed by atoms with van der Waals surface area (Å²) < 4.78 is 0. The van der Waals surface area contributed by atoms with Crippen LogP contribution in [0.15, 0.2) is 10.4 Å². The van der Waals surface area contributed by atoms with Crippen LogP contribution in [0.2, 0.25) is 0 Å². The summed E-state index contributed by atoms with van der Waals surface area (Å²) in [5, 5.41) is 20.0. The zero-order chi connectivity index (χ0) is 5.98. The molecule has 2 N–H and O–H groups in total.